The van der Waals surface area contributed by atoms with Gasteiger partial charge in [-0.3, -0.25) is 19.7 Å². The predicted molar refractivity (Wildman–Crippen MR) is 105 cm³/mol. The number of rotatable bonds is 10. The van der Waals surface area contributed by atoms with Crippen LogP contribution in [0.15, 0.2) is 35.2 Å². The second-order valence-corrected chi connectivity index (χ2v) is 7.10. The van der Waals surface area contributed by atoms with E-state index >= 15 is 0 Å². The van der Waals surface area contributed by atoms with E-state index in [4.69, 9.17) is 9.47 Å². The molecule has 0 aliphatic rings. The van der Waals surface area contributed by atoms with Crippen LogP contribution in [0, 0.1) is 24.0 Å². The Morgan fingerprint density at radius 2 is 1.89 bits per heavy atom. The highest BCUT2D eigenvalue weighted by molar-refractivity contribution is 8.00. The van der Waals surface area contributed by atoms with Crippen LogP contribution in [0.25, 0.3) is 0 Å². The van der Waals surface area contributed by atoms with E-state index in [1.165, 1.54) is 23.9 Å². The molecule has 2 rings (SSSR count). The van der Waals surface area contributed by atoms with Gasteiger partial charge in [-0.2, -0.15) is 0 Å². The molecule has 0 atom stereocenters. The first-order valence-corrected chi connectivity index (χ1v) is 9.53. The number of benzene rings is 1. The van der Waals surface area contributed by atoms with E-state index < -0.39 is 10.9 Å². The number of hydrogen-bond acceptors (Lipinski definition) is 7. The summed E-state index contributed by atoms with van der Waals surface area (Å²) in [5.41, 5.74) is 2.28. The molecule has 0 unspecified atom stereocenters. The summed E-state index contributed by atoms with van der Waals surface area (Å²) in [4.78, 5) is 35.1. The third-order valence-electron chi connectivity index (χ3n) is 4.16. The van der Waals surface area contributed by atoms with Gasteiger partial charge in [0.25, 0.3) is 5.69 Å². The lowest BCUT2D eigenvalue weighted by Gasteiger charge is -2.09. The third-order valence-corrected chi connectivity index (χ3v) is 5.15. The molecular formula is C19H22N2O6S. The summed E-state index contributed by atoms with van der Waals surface area (Å²) in [5, 5.41) is 10.6. The maximum atomic E-state index is 12.4. The van der Waals surface area contributed by atoms with Crippen molar-refractivity contribution in [3.8, 4) is 0 Å². The van der Waals surface area contributed by atoms with Crippen LogP contribution < -0.4 is 0 Å². The van der Waals surface area contributed by atoms with Crippen molar-refractivity contribution in [3.05, 3.63) is 57.4 Å². The van der Waals surface area contributed by atoms with Crippen molar-refractivity contribution >= 4 is 29.2 Å². The van der Waals surface area contributed by atoms with Gasteiger partial charge in [-0.1, -0.05) is 0 Å². The van der Waals surface area contributed by atoms with Crippen LogP contribution in [0.1, 0.15) is 21.7 Å². The number of Topliss-reactive ketones (excluding diaryl/α,β-unsaturated/α-hetero) is 1. The zero-order valence-electron chi connectivity index (χ0n) is 16.0. The summed E-state index contributed by atoms with van der Waals surface area (Å²) >= 11 is 1.19. The van der Waals surface area contributed by atoms with E-state index in [0.29, 0.717) is 23.6 Å². The van der Waals surface area contributed by atoms with Gasteiger partial charge in [-0.05, 0) is 32.0 Å². The fourth-order valence-corrected chi connectivity index (χ4v) is 3.38. The van der Waals surface area contributed by atoms with Gasteiger partial charge in [0, 0.05) is 47.6 Å². The molecule has 0 aliphatic carbocycles. The van der Waals surface area contributed by atoms with Gasteiger partial charge >= 0.3 is 5.97 Å². The number of carbonyl (C=O) groups is 2. The number of nitrogens with zero attached hydrogens (tertiary/aromatic N) is 2. The highest BCUT2D eigenvalue weighted by Crippen LogP contribution is 2.21. The van der Waals surface area contributed by atoms with Crippen molar-refractivity contribution in [2.75, 3.05) is 26.1 Å². The number of methoxy groups -OCH3 is 1. The summed E-state index contributed by atoms with van der Waals surface area (Å²) in [6.45, 7) is 4.62. The SMILES string of the molecule is COCCn1c(C)cc(C(=O)COC(=O)CSc2ccc([N+](=O)[O-])cc2)c1C. The van der Waals surface area contributed by atoms with Crippen LogP contribution in [-0.2, 0) is 20.8 Å². The predicted octanol–water partition coefficient (Wildman–Crippen LogP) is 3.18. The van der Waals surface area contributed by atoms with Gasteiger partial charge in [-0.15, -0.1) is 11.8 Å². The lowest BCUT2D eigenvalue weighted by Crippen LogP contribution is -2.16. The second-order valence-electron chi connectivity index (χ2n) is 6.05. The molecule has 0 N–H and O–H groups in total. The Hall–Kier alpha value is -2.65. The number of hydrogen-bond donors (Lipinski definition) is 0. The molecule has 0 bridgehead atoms. The van der Waals surface area contributed by atoms with Crippen molar-refractivity contribution in [2.45, 2.75) is 25.3 Å². The topological polar surface area (TPSA) is 101 Å². The molecule has 28 heavy (non-hydrogen) atoms. The van der Waals surface area contributed by atoms with E-state index in [1.807, 2.05) is 18.4 Å². The maximum Gasteiger partial charge on any atom is 0.316 e. The fourth-order valence-electron chi connectivity index (χ4n) is 2.68. The molecule has 1 heterocycles. The number of nitro benzene ring substituents is 1. The monoisotopic (exact) mass is 406 g/mol. The van der Waals surface area contributed by atoms with E-state index in [2.05, 4.69) is 0 Å². The summed E-state index contributed by atoms with van der Waals surface area (Å²) in [6.07, 6.45) is 0. The molecule has 0 amide bonds. The number of nitro groups is 1. The Kier molecular flexibility index (Phi) is 7.77. The van der Waals surface area contributed by atoms with Crippen LogP contribution in [0.4, 0.5) is 5.69 Å². The molecule has 0 fully saturated rings. The molecule has 0 saturated carbocycles. The van der Waals surface area contributed by atoms with Crippen molar-refractivity contribution in [2.24, 2.45) is 0 Å². The van der Waals surface area contributed by atoms with E-state index in [9.17, 15) is 19.7 Å². The molecule has 9 heteroatoms. The number of aryl methyl sites for hydroxylation is 1. The number of non-ortho nitro benzene ring substituents is 1. The molecule has 2 aromatic rings. The summed E-state index contributed by atoms with van der Waals surface area (Å²) in [5.74, 6) is -0.770. The Balaban J connectivity index is 1.85. The quantitative estimate of drug-likeness (QED) is 0.196. The van der Waals surface area contributed by atoms with Crippen molar-refractivity contribution in [1.29, 1.82) is 0 Å². The van der Waals surface area contributed by atoms with Crippen LogP contribution in [0.3, 0.4) is 0 Å². The minimum Gasteiger partial charge on any atom is -0.457 e. The highest BCUT2D eigenvalue weighted by atomic mass is 32.2. The first-order chi connectivity index (χ1) is 13.3. The van der Waals surface area contributed by atoms with Gasteiger partial charge in [0.2, 0.25) is 5.78 Å². The number of carbonyl (C=O) groups excluding carboxylic acids is 2. The van der Waals surface area contributed by atoms with Crippen molar-refractivity contribution in [1.82, 2.24) is 4.57 Å². The van der Waals surface area contributed by atoms with Crippen LogP contribution in [0.5, 0.6) is 0 Å². The van der Waals surface area contributed by atoms with Gasteiger partial charge in [0.15, 0.2) is 6.61 Å². The lowest BCUT2D eigenvalue weighted by atomic mass is 10.1. The molecular weight excluding hydrogens is 384 g/mol. The second kappa shape index (κ2) is 10.0. The van der Waals surface area contributed by atoms with Gasteiger partial charge in [0.1, 0.15) is 0 Å². The molecule has 150 valence electrons. The first-order valence-electron chi connectivity index (χ1n) is 8.55. The number of ether oxygens (including phenoxy) is 2. The Morgan fingerprint density at radius 1 is 1.21 bits per heavy atom. The maximum absolute atomic E-state index is 12.4. The minimum atomic E-state index is -0.523. The van der Waals surface area contributed by atoms with Crippen molar-refractivity contribution < 1.29 is 24.0 Å². The number of thioether (sulfide) groups is 1. The summed E-state index contributed by atoms with van der Waals surface area (Å²) in [7, 11) is 1.62. The largest absolute Gasteiger partial charge is 0.457 e. The van der Waals surface area contributed by atoms with E-state index in [1.54, 1.807) is 25.3 Å². The number of aromatic nitrogens is 1. The molecule has 0 aliphatic heterocycles. The average Bonchev–Trinajstić information content (AvgIpc) is 2.96. The highest BCUT2D eigenvalue weighted by Gasteiger charge is 2.17. The smallest absolute Gasteiger partial charge is 0.316 e. The Bertz CT molecular complexity index is 860. The van der Waals surface area contributed by atoms with Gasteiger partial charge in [-0.25, -0.2) is 0 Å². The molecule has 1 aromatic carbocycles. The Labute approximate surface area is 167 Å². The fraction of sp³-hybridized carbons (Fsp3) is 0.368. The number of ketones is 1. The summed E-state index contributed by atoms with van der Waals surface area (Å²) < 4.78 is 12.1. The van der Waals surface area contributed by atoms with E-state index in [0.717, 1.165) is 11.4 Å². The van der Waals surface area contributed by atoms with Crippen LogP contribution >= 0.6 is 11.8 Å². The molecule has 0 spiro atoms. The molecule has 0 saturated heterocycles. The first kappa shape index (κ1) is 21.6. The van der Waals surface area contributed by atoms with E-state index in [-0.39, 0.29) is 23.8 Å². The molecule has 0 radical (unpaired) electrons. The molecule has 1 aromatic heterocycles. The van der Waals surface area contributed by atoms with Crippen LogP contribution in [-0.4, -0.2) is 47.3 Å². The Morgan fingerprint density at radius 3 is 2.50 bits per heavy atom. The lowest BCUT2D eigenvalue weighted by molar-refractivity contribution is -0.384. The molecule has 8 nitrogen and oxygen atoms in total. The normalized spacial score (nSPS) is 10.7. The zero-order chi connectivity index (χ0) is 20.7. The zero-order valence-corrected chi connectivity index (χ0v) is 16.8. The summed E-state index contributed by atoms with van der Waals surface area (Å²) in [6, 6.07) is 7.66. The van der Waals surface area contributed by atoms with Crippen molar-refractivity contribution in [3.63, 3.8) is 0 Å². The van der Waals surface area contributed by atoms with Crippen LogP contribution in [0.2, 0.25) is 0 Å². The van der Waals surface area contributed by atoms with Gasteiger partial charge < -0.3 is 14.0 Å². The minimum absolute atomic E-state index is 0.0119. The average molecular weight is 406 g/mol. The van der Waals surface area contributed by atoms with Gasteiger partial charge in [0.05, 0.1) is 17.3 Å². The standard InChI is InChI=1S/C19H22N2O6S/c1-13-10-17(14(2)20(13)8-9-26-3)18(22)11-27-19(23)12-28-16-6-4-15(5-7-16)21(24)25/h4-7,10H,8-9,11-12H2,1-3H3. The number of esters is 1. The third kappa shape index (κ3) is 5.67.